The molecule has 0 aliphatic heterocycles. The van der Waals surface area contributed by atoms with Crippen molar-refractivity contribution in [3.8, 4) is 5.75 Å². The van der Waals surface area contributed by atoms with Gasteiger partial charge in [0.05, 0.1) is 11.0 Å². The SMILES string of the molecule is CCCNC(=O)Cn1c(COc2ccc(Cl)cc2)nc2ccccc21. The molecule has 0 radical (unpaired) electrons. The molecular formula is C19H20ClN3O2. The van der Waals surface area contributed by atoms with E-state index in [2.05, 4.69) is 10.3 Å². The molecule has 2 aromatic carbocycles. The van der Waals surface area contributed by atoms with Crippen molar-refractivity contribution in [2.75, 3.05) is 6.54 Å². The van der Waals surface area contributed by atoms with E-state index in [1.165, 1.54) is 0 Å². The number of carbonyl (C=O) groups excluding carboxylic acids is 1. The highest BCUT2D eigenvalue weighted by Gasteiger charge is 2.14. The zero-order valence-corrected chi connectivity index (χ0v) is 14.8. The quantitative estimate of drug-likeness (QED) is 0.699. The van der Waals surface area contributed by atoms with Crippen molar-refractivity contribution in [3.05, 3.63) is 59.4 Å². The number of benzene rings is 2. The number of aromatic nitrogens is 2. The maximum atomic E-state index is 12.2. The first-order chi connectivity index (χ1) is 12.2. The van der Waals surface area contributed by atoms with Gasteiger partial charge in [-0.2, -0.15) is 0 Å². The summed E-state index contributed by atoms with van der Waals surface area (Å²) in [6.45, 7) is 3.19. The average molecular weight is 358 g/mol. The fourth-order valence-electron chi connectivity index (χ4n) is 2.55. The second-order valence-corrected chi connectivity index (χ2v) is 6.13. The standard InChI is InChI=1S/C19H20ClN3O2/c1-2-11-21-19(24)12-23-17-6-4-3-5-16(17)22-18(23)13-25-15-9-7-14(20)8-10-15/h3-10H,2,11-13H2,1H3,(H,21,24). The van der Waals surface area contributed by atoms with Crippen LogP contribution in [0.2, 0.25) is 5.02 Å². The number of hydrogen-bond donors (Lipinski definition) is 1. The van der Waals surface area contributed by atoms with Crippen molar-refractivity contribution in [2.24, 2.45) is 0 Å². The van der Waals surface area contributed by atoms with Crippen LogP contribution in [0.1, 0.15) is 19.2 Å². The van der Waals surface area contributed by atoms with Crippen LogP contribution in [0.4, 0.5) is 0 Å². The summed E-state index contributed by atoms with van der Waals surface area (Å²) in [6.07, 6.45) is 0.906. The van der Waals surface area contributed by atoms with Crippen molar-refractivity contribution in [1.82, 2.24) is 14.9 Å². The molecule has 0 unspecified atom stereocenters. The summed E-state index contributed by atoms with van der Waals surface area (Å²) in [5, 5.41) is 3.56. The van der Waals surface area contributed by atoms with Gasteiger partial charge in [-0.15, -0.1) is 0 Å². The van der Waals surface area contributed by atoms with E-state index in [1.807, 2.05) is 47.9 Å². The molecule has 1 aromatic heterocycles. The molecule has 1 heterocycles. The van der Waals surface area contributed by atoms with Crippen molar-refractivity contribution in [1.29, 1.82) is 0 Å². The molecule has 3 aromatic rings. The van der Waals surface area contributed by atoms with Gasteiger partial charge in [0.15, 0.2) is 0 Å². The molecule has 0 saturated carbocycles. The van der Waals surface area contributed by atoms with Crippen LogP contribution in [-0.2, 0) is 17.9 Å². The predicted molar refractivity (Wildman–Crippen MR) is 98.8 cm³/mol. The van der Waals surface area contributed by atoms with E-state index in [0.717, 1.165) is 17.5 Å². The Balaban J connectivity index is 1.81. The minimum Gasteiger partial charge on any atom is -0.486 e. The molecular weight excluding hydrogens is 338 g/mol. The number of carbonyl (C=O) groups is 1. The number of amides is 1. The zero-order valence-electron chi connectivity index (χ0n) is 14.0. The Bertz CT molecular complexity index is 859. The Morgan fingerprint density at radius 1 is 1.20 bits per heavy atom. The summed E-state index contributed by atoms with van der Waals surface area (Å²) in [5.41, 5.74) is 1.77. The Kier molecular flexibility index (Phi) is 5.56. The van der Waals surface area contributed by atoms with Crippen LogP contribution in [0.15, 0.2) is 48.5 Å². The van der Waals surface area contributed by atoms with Gasteiger partial charge in [0.2, 0.25) is 5.91 Å². The second-order valence-electron chi connectivity index (χ2n) is 5.70. The van der Waals surface area contributed by atoms with Gasteiger partial charge in [-0.05, 0) is 42.8 Å². The molecule has 25 heavy (non-hydrogen) atoms. The van der Waals surface area contributed by atoms with Gasteiger partial charge in [0.25, 0.3) is 0 Å². The third-order valence-corrected chi connectivity index (χ3v) is 4.04. The van der Waals surface area contributed by atoms with Crippen LogP contribution in [0, 0.1) is 0 Å². The van der Waals surface area contributed by atoms with Crippen molar-refractivity contribution in [3.63, 3.8) is 0 Å². The van der Waals surface area contributed by atoms with E-state index in [0.29, 0.717) is 23.1 Å². The minimum absolute atomic E-state index is 0.0299. The maximum Gasteiger partial charge on any atom is 0.240 e. The summed E-state index contributed by atoms with van der Waals surface area (Å²) < 4.78 is 7.71. The lowest BCUT2D eigenvalue weighted by Crippen LogP contribution is -2.28. The molecule has 6 heteroatoms. The lowest BCUT2D eigenvalue weighted by Gasteiger charge is -2.11. The molecule has 1 N–H and O–H groups in total. The summed E-state index contributed by atoms with van der Waals surface area (Å²) in [5.74, 6) is 1.39. The van der Waals surface area contributed by atoms with Gasteiger partial charge in [-0.3, -0.25) is 4.79 Å². The summed E-state index contributed by atoms with van der Waals surface area (Å²) in [4.78, 5) is 16.8. The Labute approximate surface area is 151 Å². The largest absolute Gasteiger partial charge is 0.486 e. The Morgan fingerprint density at radius 3 is 2.72 bits per heavy atom. The van der Waals surface area contributed by atoms with E-state index in [4.69, 9.17) is 16.3 Å². The topological polar surface area (TPSA) is 56.2 Å². The Morgan fingerprint density at radius 2 is 1.96 bits per heavy atom. The fourth-order valence-corrected chi connectivity index (χ4v) is 2.68. The average Bonchev–Trinajstić information content (AvgIpc) is 2.97. The highest BCUT2D eigenvalue weighted by atomic mass is 35.5. The first kappa shape index (κ1) is 17.3. The molecule has 0 aliphatic carbocycles. The number of nitrogens with one attached hydrogen (secondary N) is 1. The van der Waals surface area contributed by atoms with Gasteiger partial charge < -0.3 is 14.6 Å². The third kappa shape index (κ3) is 4.31. The van der Waals surface area contributed by atoms with Crippen LogP contribution in [0.3, 0.4) is 0 Å². The number of fused-ring (bicyclic) bond motifs is 1. The first-order valence-corrected chi connectivity index (χ1v) is 8.64. The summed E-state index contributed by atoms with van der Waals surface area (Å²) in [6, 6.07) is 14.9. The van der Waals surface area contributed by atoms with E-state index in [9.17, 15) is 4.79 Å². The van der Waals surface area contributed by atoms with Crippen LogP contribution in [-0.4, -0.2) is 22.0 Å². The Hall–Kier alpha value is -2.53. The smallest absolute Gasteiger partial charge is 0.240 e. The second kappa shape index (κ2) is 8.03. The number of imidazole rings is 1. The molecule has 130 valence electrons. The van der Waals surface area contributed by atoms with Crippen molar-refractivity contribution < 1.29 is 9.53 Å². The van der Waals surface area contributed by atoms with Gasteiger partial charge in [0.1, 0.15) is 24.7 Å². The third-order valence-electron chi connectivity index (χ3n) is 3.79. The predicted octanol–water partition coefficient (Wildman–Crippen LogP) is 3.79. The van der Waals surface area contributed by atoms with Crippen LogP contribution in [0.5, 0.6) is 5.75 Å². The lowest BCUT2D eigenvalue weighted by molar-refractivity contribution is -0.121. The molecule has 0 fully saturated rings. The summed E-state index contributed by atoms with van der Waals surface area (Å²) >= 11 is 5.89. The molecule has 5 nitrogen and oxygen atoms in total. The number of halogens is 1. The van der Waals surface area contributed by atoms with E-state index < -0.39 is 0 Å². The highest BCUT2D eigenvalue weighted by molar-refractivity contribution is 6.30. The van der Waals surface area contributed by atoms with Crippen LogP contribution >= 0.6 is 11.6 Å². The monoisotopic (exact) mass is 357 g/mol. The van der Waals surface area contributed by atoms with Crippen molar-refractivity contribution in [2.45, 2.75) is 26.5 Å². The molecule has 0 atom stereocenters. The molecule has 0 saturated heterocycles. The van der Waals surface area contributed by atoms with Gasteiger partial charge in [-0.25, -0.2) is 4.98 Å². The van der Waals surface area contributed by atoms with Crippen molar-refractivity contribution >= 4 is 28.5 Å². The van der Waals surface area contributed by atoms with Crippen LogP contribution in [0.25, 0.3) is 11.0 Å². The number of nitrogens with zero attached hydrogens (tertiary/aromatic N) is 2. The zero-order chi connectivity index (χ0) is 17.6. The van der Waals surface area contributed by atoms with E-state index in [-0.39, 0.29) is 19.1 Å². The lowest BCUT2D eigenvalue weighted by atomic mass is 10.3. The van der Waals surface area contributed by atoms with E-state index in [1.54, 1.807) is 12.1 Å². The number of para-hydroxylation sites is 2. The summed E-state index contributed by atoms with van der Waals surface area (Å²) in [7, 11) is 0. The molecule has 0 bridgehead atoms. The molecule has 1 amide bonds. The minimum atomic E-state index is -0.0299. The molecule has 0 aliphatic rings. The number of rotatable bonds is 7. The normalized spacial score (nSPS) is 10.8. The number of ether oxygens (including phenoxy) is 1. The van der Waals surface area contributed by atoms with Gasteiger partial charge in [-0.1, -0.05) is 30.7 Å². The molecule has 0 spiro atoms. The fraction of sp³-hybridized carbons (Fsp3) is 0.263. The van der Waals surface area contributed by atoms with Crippen LogP contribution < -0.4 is 10.1 Å². The first-order valence-electron chi connectivity index (χ1n) is 8.26. The molecule has 3 rings (SSSR count). The highest BCUT2D eigenvalue weighted by Crippen LogP contribution is 2.20. The van der Waals surface area contributed by atoms with Gasteiger partial charge >= 0.3 is 0 Å². The van der Waals surface area contributed by atoms with Gasteiger partial charge in [0, 0.05) is 11.6 Å². The maximum absolute atomic E-state index is 12.2. The number of hydrogen-bond acceptors (Lipinski definition) is 3. The van der Waals surface area contributed by atoms with E-state index >= 15 is 0 Å².